The lowest BCUT2D eigenvalue weighted by molar-refractivity contribution is 0.827. The van der Waals surface area contributed by atoms with Crippen molar-refractivity contribution in [2.75, 3.05) is 0 Å². The maximum absolute atomic E-state index is 6.08. The zero-order chi connectivity index (χ0) is 11.0. The summed E-state index contributed by atoms with van der Waals surface area (Å²) < 4.78 is 1.93. The van der Waals surface area contributed by atoms with Crippen LogP contribution in [0.25, 0.3) is 5.69 Å². The Morgan fingerprint density at radius 3 is 2.53 bits per heavy atom. The van der Waals surface area contributed by atoms with Crippen LogP contribution in [0, 0.1) is 20.8 Å². The van der Waals surface area contributed by atoms with Crippen LogP contribution in [0.4, 0.5) is 0 Å². The van der Waals surface area contributed by atoms with Crippen molar-refractivity contribution >= 4 is 11.6 Å². The molecule has 2 rings (SSSR count). The second-order valence-electron chi connectivity index (χ2n) is 3.72. The van der Waals surface area contributed by atoms with Gasteiger partial charge in [0.05, 0.1) is 11.4 Å². The maximum atomic E-state index is 6.08. The van der Waals surface area contributed by atoms with Gasteiger partial charge in [-0.15, -0.1) is 0 Å². The lowest BCUT2D eigenvalue weighted by atomic mass is 10.2. The quantitative estimate of drug-likeness (QED) is 0.720. The minimum absolute atomic E-state index is 0.778. The summed E-state index contributed by atoms with van der Waals surface area (Å²) in [6.07, 6.45) is 0. The van der Waals surface area contributed by atoms with Gasteiger partial charge >= 0.3 is 0 Å². The molecule has 15 heavy (non-hydrogen) atoms. The van der Waals surface area contributed by atoms with E-state index < -0.39 is 0 Å². The summed E-state index contributed by atoms with van der Waals surface area (Å²) in [6.45, 7) is 6.04. The molecule has 2 aromatic rings. The molecule has 0 aliphatic rings. The highest BCUT2D eigenvalue weighted by Gasteiger charge is 2.07. The van der Waals surface area contributed by atoms with Crippen LogP contribution in [0.5, 0.6) is 0 Å². The molecule has 0 amide bonds. The number of aryl methyl sites for hydroxylation is 2. The van der Waals surface area contributed by atoms with Crippen LogP contribution in [0.3, 0.4) is 0 Å². The Hall–Kier alpha value is -1.28. The second kappa shape index (κ2) is 3.70. The number of hydrogen-bond acceptors (Lipinski definition) is 1. The van der Waals surface area contributed by atoms with Crippen LogP contribution in [0.1, 0.15) is 17.0 Å². The van der Waals surface area contributed by atoms with E-state index in [1.807, 2.05) is 43.7 Å². The van der Waals surface area contributed by atoms with Crippen molar-refractivity contribution in [1.29, 1.82) is 0 Å². The Balaban J connectivity index is 2.64. The van der Waals surface area contributed by atoms with E-state index in [9.17, 15) is 0 Å². The zero-order valence-corrected chi connectivity index (χ0v) is 9.84. The highest BCUT2D eigenvalue weighted by atomic mass is 35.5. The minimum atomic E-state index is 0.778. The molecule has 0 N–H and O–H groups in total. The highest BCUT2D eigenvalue weighted by Crippen LogP contribution is 2.22. The van der Waals surface area contributed by atoms with E-state index in [2.05, 4.69) is 11.2 Å². The van der Waals surface area contributed by atoms with Gasteiger partial charge in [0.25, 0.3) is 0 Å². The monoisotopic (exact) mass is 220 g/mol. The van der Waals surface area contributed by atoms with Crippen molar-refractivity contribution in [3.63, 3.8) is 0 Å². The van der Waals surface area contributed by atoms with Crippen LogP contribution in [0.2, 0.25) is 5.02 Å². The Bertz CT molecular complexity index is 500. The minimum Gasteiger partial charge on any atom is -0.238 e. The van der Waals surface area contributed by atoms with Gasteiger partial charge in [0, 0.05) is 10.7 Å². The Labute approximate surface area is 94.5 Å². The third kappa shape index (κ3) is 1.77. The Morgan fingerprint density at radius 1 is 1.20 bits per heavy atom. The first kappa shape index (κ1) is 10.2. The molecule has 1 aromatic heterocycles. The number of aromatic nitrogens is 2. The number of benzene rings is 1. The molecule has 1 aromatic carbocycles. The van der Waals surface area contributed by atoms with E-state index in [0.29, 0.717) is 0 Å². The summed E-state index contributed by atoms with van der Waals surface area (Å²) in [4.78, 5) is 0. The first-order valence-electron chi connectivity index (χ1n) is 4.88. The molecule has 0 atom stereocenters. The first-order chi connectivity index (χ1) is 7.09. The molecule has 0 unspecified atom stereocenters. The van der Waals surface area contributed by atoms with Gasteiger partial charge < -0.3 is 0 Å². The van der Waals surface area contributed by atoms with Crippen molar-refractivity contribution < 1.29 is 0 Å². The molecule has 0 aliphatic heterocycles. The van der Waals surface area contributed by atoms with Crippen molar-refractivity contribution in [3.8, 4) is 5.69 Å². The van der Waals surface area contributed by atoms with E-state index in [-0.39, 0.29) is 0 Å². The van der Waals surface area contributed by atoms with Crippen LogP contribution in [-0.2, 0) is 0 Å². The molecule has 0 fully saturated rings. The zero-order valence-electron chi connectivity index (χ0n) is 9.08. The van der Waals surface area contributed by atoms with E-state index >= 15 is 0 Å². The fraction of sp³-hybridized carbons (Fsp3) is 0.250. The van der Waals surface area contributed by atoms with Gasteiger partial charge in [-0.3, -0.25) is 0 Å². The van der Waals surface area contributed by atoms with Crippen LogP contribution in [0.15, 0.2) is 24.3 Å². The van der Waals surface area contributed by atoms with Gasteiger partial charge in [-0.05, 0) is 44.5 Å². The number of nitrogens with zero attached hydrogens (tertiary/aromatic N) is 2. The van der Waals surface area contributed by atoms with Gasteiger partial charge in [0.15, 0.2) is 0 Å². The number of halogens is 1. The van der Waals surface area contributed by atoms with Crippen LogP contribution < -0.4 is 0 Å². The molecule has 1 heterocycles. The van der Waals surface area contributed by atoms with Crippen LogP contribution in [-0.4, -0.2) is 9.78 Å². The predicted molar refractivity (Wildman–Crippen MR) is 62.8 cm³/mol. The normalized spacial score (nSPS) is 10.7. The fourth-order valence-electron chi connectivity index (χ4n) is 1.70. The van der Waals surface area contributed by atoms with Crippen molar-refractivity contribution in [2.24, 2.45) is 0 Å². The molecule has 0 aliphatic carbocycles. The summed E-state index contributed by atoms with van der Waals surface area (Å²) in [5.41, 5.74) is 4.25. The Morgan fingerprint density at radius 2 is 1.93 bits per heavy atom. The number of rotatable bonds is 1. The molecular weight excluding hydrogens is 208 g/mol. The van der Waals surface area contributed by atoms with E-state index in [0.717, 1.165) is 27.7 Å². The van der Waals surface area contributed by atoms with Gasteiger partial charge in [-0.25, -0.2) is 4.68 Å². The summed E-state index contributed by atoms with van der Waals surface area (Å²) in [7, 11) is 0. The number of hydrogen-bond donors (Lipinski definition) is 0. The topological polar surface area (TPSA) is 17.8 Å². The summed E-state index contributed by atoms with van der Waals surface area (Å²) in [5.74, 6) is 0. The predicted octanol–water partition coefficient (Wildman–Crippen LogP) is 3.45. The van der Waals surface area contributed by atoms with Gasteiger partial charge in [0.2, 0.25) is 0 Å². The van der Waals surface area contributed by atoms with Crippen molar-refractivity contribution in [3.05, 3.63) is 46.2 Å². The average molecular weight is 221 g/mol. The molecule has 78 valence electrons. The summed E-state index contributed by atoms with van der Waals surface area (Å²) >= 11 is 6.08. The van der Waals surface area contributed by atoms with Gasteiger partial charge in [-0.2, -0.15) is 5.10 Å². The average Bonchev–Trinajstić information content (AvgIpc) is 2.50. The molecule has 3 heteroatoms. The molecule has 0 bridgehead atoms. The first-order valence-corrected chi connectivity index (χ1v) is 5.26. The van der Waals surface area contributed by atoms with E-state index in [1.54, 1.807) is 0 Å². The smallest absolute Gasteiger partial charge is 0.0692 e. The van der Waals surface area contributed by atoms with Gasteiger partial charge in [0.1, 0.15) is 0 Å². The van der Waals surface area contributed by atoms with Gasteiger partial charge in [-0.1, -0.05) is 17.7 Å². The van der Waals surface area contributed by atoms with E-state index in [1.165, 1.54) is 0 Å². The maximum Gasteiger partial charge on any atom is 0.0692 e. The lowest BCUT2D eigenvalue weighted by Crippen LogP contribution is -2.01. The second-order valence-corrected chi connectivity index (χ2v) is 4.13. The Kier molecular flexibility index (Phi) is 2.53. The molecule has 0 spiro atoms. The molecule has 0 radical (unpaired) electrons. The molecule has 2 nitrogen and oxygen atoms in total. The fourth-order valence-corrected chi connectivity index (χ4v) is 1.87. The summed E-state index contributed by atoms with van der Waals surface area (Å²) in [6, 6.07) is 7.92. The van der Waals surface area contributed by atoms with E-state index in [4.69, 9.17) is 11.6 Å². The van der Waals surface area contributed by atoms with Crippen molar-refractivity contribution in [1.82, 2.24) is 9.78 Å². The van der Waals surface area contributed by atoms with Crippen molar-refractivity contribution in [2.45, 2.75) is 20.8 Å². The molecule has 0 saturated heterocycles. The largest absolute Gasteiger partial charge is 0.238 e. The third-order valence-electron chi connectivity index (χ3n) is 2.48. The highest BCUT2D eigenvalue weighted by molar-refractivity contribution is 6.31. The molecule has 0 saturated carbocycles. The lowest BCUT2D eigenvalue weighted by Gasteiger charge is -2.08. The van der Waals surface area contributed by atoms with Crippen LogP contribution >= 0.6 is 11.6 Å². The summed E-state index contributed by atoms with van der Waals surface area (Å²) in [5, 5.41) is 5.22. The third-order valence-corrected chi connectivity index (χ3v) is 2.89. The standard InChI is InChI=1S/C12H13ClN2/c1-8-7-9(2)15(14-8)12-6-4-5-11(13)10(12)3/h4-7H,1-3H3. The molecular formula is C12H13ClN2. The SMILES string of the molecule is Cc1cc(C)n(-c2cccc(Cl)c2C)n1.